The van der Waals surface area contributed by atoms with Crippen LogP contribution in [0.25, 0.3) is 11.7 Å². The highest BCUT2D eigenvalue weighted by molar-refractivity contribution is 5.94. The van der Waals surface area contributed by atoms with E-state index in [4.69, 9.17) is 13.6 Å². The molecule has 8 nitrogen and oxygen atoms in total. The SMILES string of the molecule is COc1ccc2c(c1)CCCN2C(=O)Cn1nc(-c2ccco2)oc1=O. The molecule has 26 heavy (non-hydrogen) atoms. The van der Waals surface area contributed by atoms with Crippen LogP contribution in [0.2, 0.25) is 0 Å². The number of nitrogens with zero attached hydrogens (tertiary/aromatic N) is 3. The van der Waals surface area contributed by atoms with E-state index in [0.29, 0.717) is 12.3 Å². The zero-order valence-electron chi connectivity index (χ0n) is 14.2. The quantitative estimate of drug-likeness (QED) is 0.712. The molecule has 0 saturated carbocycles. The minimum atomic E-state index is -0.697. The number of carbonyl (C=O) groups excluding carboxylic acids is 1. The number of hydrogen-bond acceptors (Lipinski definition) is 6. The first-order valence-electron chi connectivity index (χ1n) is 8.25. The van der Waals surface area contributed by atoms with Gasteiger partial charge < -0.3 is 18.5 Å². The van der Waals surface area contributed by atoms with Gasteiger partial charge in [0, 0.05) is 12.2 Å². The molecular weight excluding hydrogens is 338 g/mol. The lowest BCUT2D eigenvalue weighted by atomic mass is 10.0. The Morgan fingerprint density at radius 1 is 1.35 bits per heavy atom. The molecule has 0 radical (unpaired) electrons. The molecule has 1 aliphatic heterocycles. The first kappa shape index (κ1) is 16.2. The van der Waals surface area contributed by atoms with Crippen LogP contribution in [-0.2, 0) is 17.8 Å². The monoisotopic (exact) mass is 355 g/mol. The highest BCUT2D eigenvalue weighted by Crippen LogP contribution is 2.30. The fourth-order valence-electron chi connectivity index (χ4n) is 3.08. The first-order valence-corrected chi connectivity index (χ1v) is 8.25. The maximum atomic E-state index is 12.8. The van der Waals surface area contributed by atoms with E-state index >= 15 is 0 Å². The van der Waals surface area contributed by atoms with Crippen LogP contribution in [0.1, 0.15) is 12.0 Å². The van der Waals surface area contributed by atoms with Crippen LogP contribution in [-0.4, -0.2) is 29.3 Å². The zero-order chi connectivity index (χ0) is 18.1. The average Bonchev–Trinajstić information content (AvgIpc) is 3.31. The predicted molar refractivity (Wildman–Crippen MR) is 92.1 cm³/mol. The molecule has 3 heterocycles. The molecule has 8 heteroatoms. The normalized spacial score (nSPS) is 13.5. The molecule has 0 fully saturated rings. The molecule has 0 bridgehead atoms. The molecule has 0 spiro atoms. The van der Waals surface area contributed by atoms with Gasteiger partial charge in [-0.25, -0.2) is 4.79 Å². The van der Waals surface area contributed by atoms with Crippen LogP contribution in [0.3, 0.4) is 0 Å². The van der Waals surface area contributed by atoms with Crippen molar-refractivity contribution in [1.29, 1.82) is 0 Å². The van der Waals surface area contributed by atoms with E-state index in [2.05, 4.69) is 5.10 Å². The van der Waals surface area contributed by atoms with Gasteiger partial charge in [-0.15, -0.1) is 5.10 Å². The summed E-state index contributed by atoms with van der Waals surface area (Å²) in [6, 6.07) is 8.92. The largest absolute Gasteiger partial charge is 0.497 e. The topological polar surface area (TPSA) is 90.7 Å². The van der Waals surface area contributed by atoms with Gasteiger partial charge in [0.15, 0.2) is 5.76 Å². The van der Waals surface area contributed by atoms with Crippen LogP contribution >= 0.6 is 0 Å². The van der Waals surface area contributed by atoms with Gasteiger partial charge in [-0.2, -0.15) is 4.68 Å². The summed E-state index contributed by atoms with van der Waals surface area (Å²) in [5, 5.41) is 4.05. The Labute approximate surface area is 148 Å². The number of carbonyl (C=O) groups is 1. The number of ether oxygens (including phenoxy) is 1. The summed E-state index contributed by atoms with van der Waals surface area (Å²) in [5.41, 5.74) is 1.89. The van der Waals surface area contributed by atoms with Gasteiger partial charge in [-0.1, -0.05) is 0 Å². The summed E-state index contributed by atoms with van der Waals surface area (Å²) in [7, 11) is 1.61. The highest BCUT2D eigenvalue weighted by atomic mass is 16.5. The number of amides is 1. The lowest BCUT2D eigenvalue weighted by Gasteiger charge is -2.29. The van der Waals surface area contributed by atoms with Crippen molar-refractivity contribution >= 4 is 11.6 Å². The molecule has 0 saturated heterocycles. The summed E-state index contributed by atoms with van der Waals surface area (Å²) >= 11 is 0. The van der Waals surface area contributed by atoms with Gasteiger partial charge in [0.05, 0.1) is 13.4 Å². The Balaban J connectivity index is 1.58. The molecule has 134 valence electrons. The molecule has 0 N–H and O–H groups in total. The molecule has 1 amide bonds. The van der Waals surface area contributed by atoms with E-state index in [9.17, 15) is 9.59 Å². The fourth-order valence-corrected chi connectivity index (χ4v) is 3.08. The lowest BCUT2D eigenvalue weighted by molar-refractivity contribution is -0.119. The van der Waals surface area contributed by atoms with E-state index in [1.165, 1.54) is 6.26 Å². The minimum Gasteiger partial charge on any atom is -0.497 e. The Hall–Kier alpha value is -3.29. The van der Waals surface area contributed by atoms with Gasteiger partial charge in [0.25, 0.3) is 5.89 Å². The van der Waals surface area contributed by atoms with Gasteiger partial charge >= 0.3 is 5.76 Å². The van der Waals surface area contributed by atoms with Crippen LogP contribution in [0.5, 0.6) is 5.75 Å². The van der Waals surface area contributed by atoms with Crippen molar-refractivity contribution in [2.75, 3.05) is 18.6 Å². The molecule has 1 aromatic carbocycles. The first-order chi connectivity index (χ1) is 12.7. The maximum absolute atomic E-state index is 12.8. The number of methoxy groups -OCH3 is 1. The standard InChI is InChI=1S/C18H17N3O5/c1-24-13-6-7-14-12(10-13)4-2-8-20(14)16(22)11-21-18(23)26-17(19-21)15-5-3-9-25-15/h3,5-7,9-10H,2,4,8,11H2,1H3. The molecule has 0 unspecified atom stereocenters. The Morgan fingerprint density at radius 3 is 3.00 bits per heavy atom. The molecular formula is C18H17N3O5. The zero-order valence-corrected chi connectivity index (χ0v) is 14.2. The number of hydrogen-bond donors (Lipinski definition) is 0. The fraction of sp³-hybridized carbons (Fsp3) is 0.278. The van der Waals surface area contributed by atoms with E-state index in [-0.39, 0.29) is 18.3 Å². The van der Waals surface area contributed by atoms with Crippen molar-refractivity contribution in [2.45, 2.75) is 19.4 Å². The summed E-state index contributed by atoms with van der Waals surface area (Å²) < 4.78 is 16.5. The van der Waals surface area contributed by atoms with E-state index in [1.807, 2.05) is 18.2 Å². The number of furan rings is 1. The molecule has 0 aliphatic carbocycles. The van der Waals surface area contributed by atoms with Gasteiger partial charge in [0.1, 0.15) is 12.3 Å². The van der Waals surface area contributed by atoms with Crippen molar-refractivity contribution in [3.8, 4) is 17.4 Å². The van der Waals surface area contributed by atoms with E-state index in [1.54, 1.807) is 24.1 Å². The summed E-state index contributed by atoms with van der Waals surface area (Å²) in [6.07, 6.45) is 3.18. The third-order valence-electron chi connectivity index (χ3n) is 4.33. The second kappa shape index (κ2) is 6.55. The van der Waals surface area contributed by atoms with Crippen LogP contribution in [0.15, 0.2) is 50.2 Å². The van der Waals surface area contributed by atoms with Crippen molar-refractivity contribution in [1.82, 2.24) is 9.78 Å². The number of benzene rings is 1. The van der Waals surface area contributed by atoms with Crippen molar-refractivity contribution in [3.63, 3.8) is 0 Å². The van der Waals surface area contributed by atoms with Gasteiger partial charge in [0.2, 0.25) is 5.91 Å². The smallest absolute Gasteiger partial charge is 0.437 e. The Morgan fingerprint density at radius 2 is 2.23 bits per heavy atom. The second-order valence-electron chi connectivity index (χ2n) is 5.95. The Kier molecular flexibility index (Phi) is 4.08. The number of rotatable bonds is 4. The minimum absolute atomic E-state index is 0.0524. The van der Waals surface area contributed by atoms with E-state index in [0.717, 1.165) is 34.5 Å². The molecule has 0 atom stereocenters. The average molecular weight is 355 g/mol. The van der Waals surface area contributed by atoms with Crippen LogP contribution < -0.4 is 15.4 Å². The van der Waals surface area contributed by atoms with Crippen LogP contribution in [0.4, 0.5) is 5.69 Å². The molecule has 1 aliphatic rings. The number of fused-ring (bicyclic) bond motifs is 1. The Bertz CT molecular complexity index is 987. The summed E-state index contributed by atoms with van der Waals surface area (Å²) in [6.45, 7) is 0.393. The number of aromatic nitrogens is 2. The molecule has 2 aromatic heterocycles. The van der Waals surface area contributed by atoms with E-state index < -0.39 is 5.76 Å². The summed E-state index contributed by atoms with van der Waals surface area (Å²) in [5.74, 6) is 0.225. The number of anilines is 1. The molecule has 3 aromatic rings. The molecule has 4 rings (SSSR count). The summed E-state index contributed by atoms with van der Waals surface area (Å²) in [4.78, 5) is 26.4. The third-order valence-corrected chi connectivity index (χ3v) is 4.33. The van der Waals surface area contributed by atoms with Gasteiger partial charge in [-0.3, -0.25) is 4.79 Å². The third kappa shape index (κ3) is 2.90. The highest BCUT2D eigenvalue weighted by Gasteiger charge is 2.24. The van der Waals surface area contributed by atoms with Gasteiger partial charge in [-0.05, 0) is 48.7 Å². The van der Waals surface area contributed by atoms with Crippen LogP contribution in [0, 0.1) is 0 Å². The predicted octanol–water partition coefficient (Wildman–Crippen LogP) is 2.08. The van der Waals surface area contributed by atoms with Crippen molar-refractivity contribution in [2.24, 2.45) is 0 Å². The van der Waals surface area contributed by atoms with Crippen molar-refractivity contribution < 1.29 is 18.4 Å². The number of aryl methyl sites for hydroxylation is 1. The second-order valence-corrected chi connectivity index (χ2v) is 5.95. The maximum Gasteiger partial charge on any atom is 0.437 e. The van der Waals surface area contributed by atoms with Crippen molar-refractivity contribution in [3.05, 3.63) is 52.7 Å². The lowest BCUT2D eigenvalue weighted by Crippen LogP contribution is -2.39.